The number of fused-ring (bicyclic) bond motifs is 1. The maximum atomic E-state index is 14.8. The lowest BCUT2D eigenvalue weighted by Gasteiger charge is -2.37. The number of benzene rings is 1. The van der Waals surface area contributed by atoms with Crippen LogP contribution in [0.5, 0.6) is 0 Å². The third-order valence-corrected chi connectivity index (χ3v) is 6.23. The molecule has 0 saturated carbocycles. The Hall–Kier alpha value is -3.24. The molecule has 1 atom stereocenters. The fourth-order valence-corrected chi connectivity index (χ4v) is 4.65. The zero-order valence-electron chi connectivity index (χ0n) is 17.6. The van der Waals surface area contributed by atoms with E-state index in [-0.39, 0.29) is 18.7 Å². The normalized spacial score (nSPS) is 18.8. The summed E-state index contributed by atoms with van der Waals surface area (Å²) in [7, 11) is 0. The molecule has 0 radical (unpaired) electrons. The summed E-state index contributed by atoms with van der Waals surface area (Å²) in [4.78, 5) is 24.1. The van der Waals surface area contributed by atoms with E-state index in [1.807, 2.05) is 4.90 Å². The highest BCUT2D eigenvalue weighted by Gasteiger charge is 2.42. The fraction of sp³-hybridized carbons (Fsp3) is 0.409. The van der Waals surface area contributed by atoms with Crippen molar-refractivity contribution in [3.05, 3.63) is 59.1 Å². The van der Waals surface area contributed by atoms with E-state index in [1.54, 1.807) is 4.90 Å². The van der Waals surface area contributed by atoms with Crippen LogP contribution in [0.1, 0.15) is 34.7 Å². The maximum absolute atomic E-state index is 14.8. The molecule has 2 aliphatic rings. The quantitative estimate of drug-likeness (QED) is 0.425. The second-order valence-corrected chi connectivity index (χ2v) is 8.13. The van der Waals surface area contributed by atoms with E-state index in [2.05, 4.69) is 16.5 Å². The molecule has 0 bridgehead atoms. The molecule has 2 heterocycles. The number of aromatic nitrogens is 2. The van der Waals surface area contributed by atoms with Gasteiger partial charge in [0, 0.05) is 49.1 Å². The highest BCUT2D eigenvalue weighted by Crippen LogP contribution is 2.44. The molecule has 1 aliphatic carbocycles. The Kier molecular flexibility index (Phi) is 5.98. The number of carbonyl (C=O) groups excluding carboxylic acids is 1. The van der Waals surface area contributed by atoms with Crippen LogP contribution in [-0.4, -0.2) is 47.0 Å². The Balaban J connectivity index is 1.63. The number of alkyl halides is 3. The largest absolute Gasteiger partial charge is 0.419 e. The van der Waals surface area contributed by atoms with Crippen molar-refractivity contribution < 1.29 is 26.7 Å². The first-order valence-corrected chi connectivity index (χ1v) is 10.4. The van der Waals surface area contributed by atoms with Crippen LogP contribution in [0.3, 0.4) is 0 Å². The number of amides is 1. The van der Waals surface area contributed by atoms with Crippen molar-refractivity contribution in [3.8, 4) is 0 Å². The lowest BCUT2D eigenvalue weighted by molar-refractivity contribution is -0.141. The molecule has 11 heteroatoms. The highest BCUT2D eigenvalue weighted by molar-refractivity contribution is 5.87. The summed E-state index contributed by atoms with van der Waals surface area (Å²) in [5.74, 6) is -3.26. The van der Waals surface area contributed by atoms with E-state index in [9.17, 15) is 26.7 Å². The van der Waals surface area contributed by atoms with Gasteiger partial charge in [-0.1, -0.05) is 6.58 Å². The van der Waals surface area contributed by atoms with E-state index >= 15 is 0 Å². The average Bonchev–Trinajstić information content (AvgIpc) is 2.79. The topological polar surface area (TPSA) is 75.4 Å². The zero-order valence-corrected chi connectivity index (χ0v) is 17.6. The number of nitrogens with two attached hydrogens (primary N) is 1. The fourth-order valence-electron chi connectivity index (χ4n) is 4.65. The van der Waals surface area contributed by atoms with Crippen LogP contribution in [0.15, 0.2) is 25.0 Å². The number of anilines is 2. The van der Waals surface area contributed by atoms with Crippen LogP contribution in [0.4, 0.5) is 33.5 Å². The van der Waals surface area contributed by atoms with E-state index in [0.29, 0.717) is 50.2 Å². The molecule has 33 heavy (non-hydrogen) atoms. The van der Waals surface area contributed by atoms with Crippen LogP contribution >= 0.6 is 0 Å². The summed E-state index contributed by atoms with van der Waals surface area (Å²) in [5.41, 5.74) is 3.71. The second-order valence-electron chi connectivity index (χ2n) is 8.13. The number of carbonyl (C=O) groups is 1. The zero-order chi connectivity index (χ0) is 23.9. The molecule has 1 aliphatic heterocycles. The maximum Gasteiger partial charge on any atom is 0.419 e. The molecule has 1 amide bonds. The molecule has 2 N–H and O–H groups in total. The second kappa shape index (κ2) is 8.60. The SMILES string of the molecule is C=CC(=O)N1CCN(c2ncnc3c2CC[C@H](c2c(F)c(N)cc(F)c2C(F)(F)F)C3)CC1. The standard InChI is InChI=1S/C22H22F5N5O/c1-2-17(33)31-5-7-32(8-6-31)21-13-4-3-12(9-16(13)29-11-30-21)18-19(22(25,26)27)14(23)10-15(28)20(18)24/h2,10-12H,1,3-9,28H2/t12-/m0/s1. The summed E-state index contributed by atoms with van der Waals surface area (Å²) in [6.07, 6.45) is -2.02. The van der Waals surface area contributed by atoms with Crippen molar-refractivity contribution in [3.63, 3.8) is 0 Å². The van der Waals surface area contributed by atoms with E-state index in [0.717, 1.165) is 5.56 Å². The van der Waals surface area contributed by atoms with Gasteiger partial charge in [0.25, 0.3) is 0 Å². The predicted molar refractivity (Wildman–Crippen MR) is 112 cm³/mol. The van der Waals surface area contributed by atoms with Gasteiger partial charge in [0.15, 0.2) is 0 Å². The van der Waals surface area contributed by atoms with Gasteiger partial charge in [0.05, 0.1) is 11.3 Å². The van der Waals surface area contributed by atoms with Gasteiger partial charge in [-0.25, -0.2) is 18.7 Å². The summed E-state index contributed by atoms with van der Waals surface area (Å²) in [6, 6.07) is 0.370. The van der Waals surface area contributed by atoms with Crippen LogP contribution in [0, 0.1) is 11.6 Å². The minimum absolute atomic E-state index is 0.00264. The van der Waals surface area contributed by atoms with Gasteiger partial charge in [-0.2, -0.15) is 13.2 Å². The monoisotopic (exact) mass is 467 g/mol. The van der Waals surface area contributed by atoms with Gasteiger partial charge < -0.3 is 15.5 Å². The van der Waals surface area contributed by atoms with Crippen molar-refractivity contribution in [1.82, 2.24) is 14.9 Å². The number of halogens is 5. The van der Waals surface area contributed by atoms with Crippen molar-refractivity contribution in [2.75, 3.05) is 36.8 Å². The number of nitrogens with zero attached hydrogens (tertiary/aromatic N) is 4. The Labute approximate surface area is 186 Å². The third kappa shape index (κ3) is 4.23. The van der Waals surface area contributed by atoms with Gasteiger partial charge in [0.2, 0.25) is 5.91 Å². The van der Waals surface area contributed by atoms with Crippen LogP contribution in [0.25, 0.3) is 0 Å². The Morgan fingerprint density at radius 3 is 2.52 bits per heavy atom. The minimum atomic E-state index is -5.06. The third-order valence-electron chi connectivity index (χ3n) is 6.23. The predicted octanol–water partition coefficient (Wildman–Crippen LogP) is 3.46. The number of hydrogen-bond acceptors (Lipinski definition) is 5. The van der Waals surface area contributed by atoms with Crippen molar-refractivity contribution >= 4 is 17.4 Å². The van der Waals surface area contributed by atoms with Gasteiger partial charge in [-0.3, -0.25) is 4.79 Å². The minimum Gasteiger partial charge on any atom is -0.396 e. The molecule has 176 valence electrons. The lowest BCUT2D eigenvalue weighted by atomic mass is 9.80. The highest BCUT2D eigenvalue weighted by atomic mass is 19.4. The first kappa shape index (κ1) is 22.9. The molecular weight excluding hydrogens is 445 g/mol. The smallest absolute Gasteiger partial charge is 0.396 e. The number of rotatable bonds is 3. The summed E-state index contributed by atoms with van der Waals surface area (Å²) >= 11 is 0. The summed E-state index contributed by atoms with van der Waals surface area (Å²) < 4.78 is 69.7. The van der Waals surface area contributed by atoms with Crippen LogP contribution in [-0.2, 0) is 23.8 Å². The van der Waals surface area contributed by atoms with Crippen molar-refractivity contribution in [2.45, 2.75) is 31.4 Å². The number of hydrogen-bond donors (Lipinski definition) is 1. The van der Waals surface area contributed by atoms with Gasteiger partial charge >= 0.3 is 6.18 Å². The Morgan fingerprint density at radius 1 is 1.18 bits per heavy atom. The van der Waals surface area contributed by atoms with E-state index in [1.165, 1.54) is 12.4 Å². The lowest BCUT2D eigenvalue weighted by Crippen LogP contribution is -2.49. The van der Waals surface area contributed by atoms with Gasteiger partial charge in [-0.15, -0.1) is 0 Å². The van der Waals surface area contributed by atoms with Crippen LogP contribution < -0.4 is 10.6 Å². The Bertz CT molecular complexity index is 1100. The molecule has 4 rings (SSSR count). The molecule has 1 aromatic heterocycles. The number of piperazine rings is 1. The van der Waals surface area contributed by atoms with Crippen molar-refractivity contribution in [2.24, 2.45) is 0 Å². The molecule has 1 saturated heterocycles. The first-order chi connectivity index (χ1) is 15.6. The summed E-state index contributed by atoms with van der Waals surface area (Å²) in [5, 5.41) is 0. The molecule has 6 nitrogen and oxygen atoms in total. The average molecular weight is 467 g/mol. The summed E-state index contributed by atoms with van der Waals surface area (Å²) in [6.45, 7) is 5.50. The van der Waals surface area contributed by atoms with Gasteiger partial charge in [0.1, 0.15) is 23.8 Å². The molecule has 2 aromatic rings. The molecule has 0 unspecified atom stereocenters. The molecule has 0 spiro atoms. The number of nitrogen functional groups attached to an aromatic ring is 1. The Morgan fingerprint density at radius 2 is 1.88 bits per heavy atom. The van der Waals surface area contributed by atoms with Crippen LogP contribution in [0.2, 0.25) is 0 Å². The molecular formula is C22H22F5N5O. The van der Waals surface area contributed by atoms with E-state index in [4.69, 9.17) is 5.73 Å². The molecule has 1 aromatic carbocycles. The van der Waals surface area contributed by atoms with Gasteiger partial charge in [-0.05, 0) is 31.3 Å². The van der Waals surface area contributed by atoms with Crippen molar-refractivity contribution in [1.29, 1.82) is 0 Å². The van der Waals surface area contributed by atoms with E-state index < -0.39 is 40.5 Å². The molecule has 1 fully saturated rings. The first-order valence-electron chi connectivity index (χ1n) is 10.4.